The van der Waals surface area contributed by atoms with E-state index in [1.807, 2.05) is 0 Å². The average molecular weight is 406 g/mol. The second kappa shape index (κ2) is 7.18. The first-order chi connectivity index (χ1) is 14.2. The van der Waals surface area contributed by atoms with Gasteiger partial charge in [-0.15, -0.1) is 0 Å². The monoisotopic (exact) mass is 406 g/mol. The zero-order valence-corrected chi connectivity index (χ0v) is 16.7. The summed E-state index contributed by atoms with van der Waals surface area (Å²) >= 11 is 0. The van der Waals surface area contributed by atoms with Crippen molar-refractivity contribution in [1.82, 2.24) is 0 Å². The Bertz CT molecular complexity index is 1010. The fraction of sp³-hybridized carbons (Fsp3) is 0.304. The molecule has 0 bridgehead atoms. The third-order valence-corrected chi connectivity index (χ3v) is 5.76. The van der Waals surface area contributed by atoms with Gasteiger partial charge >= 0.3 is 0 Å². The minimum atomic E-state index is -1.55. The van der Waals surface area contributed by atoms with E-state index in [4.69, 9.17) is 0 Å². The molecule has 30 heavy (non-hydrogen) atoms. The molecule has 3 unspecified atom stereocenters. The number of aliphatic hydroxyl groups is 1. The van der Waals surface area contributed by atoms with Crippen LogP contribution in [-0.2, 0) is 19.2 Å². The number of hydrogen-bond acceptors (Lipinski definition) is 5. The van der Waals surface area contributed by atoms with Crippen LogP contribution < -0.4 is 9.80 Å². The molecule has 0 saturated carbocycles. The van der Waals surface area contributed by atoms with E-state index in [0.29, 0.717) is 11.4 Å². The fourth-order valence-corrected chi connectivity index (χ4v) is 4.45. The van der Waals surface area contributed by atoms with Crippen molar-refractivity contribution >= 4 is 35.0 Å². The van der Waals surface area contributed by atoms with Crippen LogP contribution in [0.3, 0.4) is 0 Å². The number of hydrogen-bond donors (Lipinski definition) is 1. The maximum atomic E-state index is 13.4. The molecule has 2 fully saturated rings. The van der Waals surface area contributed by atoms with Crippen molar-refractivity contribution in [1.29, 1.82) is 0 Å². The lowest BCUT2D eigenvalue weighted by atomic mass is 9.74. The zero-order chi connectivity index (χ0) is 21.6. The molecule has 7 nitrogen and oxygen atoms in total. The summed E-state index contributed by atoms with van der Waals surface area (Å²) in [5, 5.41) is 10.7. The molecule has 0 aliphatic carbocycles. The summed E-state index contributed by atoms with van der Waals surface area (Å²) < 4.78 is 0. The van der Waals surface area contributed by atoms with Crippen LogP contribution in [0.4, 0.5) is 11.4 Å². The number of benzene rings is 2. The predicted molar refractivity (Wildman–Crippen MR) is 109 cm³/mol. The van der Waals surface area contributed by atoms with Crippen LogP contribution in [0.15, 0.2) is 60.7 Å². The summed E-state index contributed by atoms with van der Waals surface area (Å²) in [6.07, 6.45) is -0.188. The molecule has 7 heteroatoms. The number of amides is 4. The Labute approximate surface area is 173 Å². The van der Waals surface area contributed by atoms with Gasteiger partial charge in [-0.1, -0.05) is 36.4 Å². The summed E-state index contributed by atoms with van der Waals surface area (Å²) in [6.45, 7) is 2.89. The minimum absolute atomic E-state index is 0.188. The van der Waals surface area contributed by atoms with Crippen molar-refractivity contribution in [2.75, 3.05) is 9.80 Å². The maximum Gasteiger partial charge on any atom is 0.240 e. The van der Waals surface area contributed by atoms with Crippen LogP contribution in [0.5, 0.6) is 0 Å². The molecular weight excluding hydrogens is 384 g/mol. The van der Waals surface area contributed by atoms with Gasteiger partial charge in [0, 0.05) is 6.42 Å². The Morgan fingerprint density at radius 3 is 1.77 bits per heavy atom. The molecule has 0 spiro atoms. The van der Waals surface area contributed by atoms with Gasteiger partial charge in [0.2, 0.25) is 23.6 Å². The lowest BCUT2D eigenvalue weighted by Gasteiger charge is -2.29. The summed E-state index contributed by atoms with van der Waals surface area (Å²) in [5.74, 6) is -5.36. The normalized spacial score (nSPS) is 24.8. The molecular formula is C23H22N2O5. The Balaban J connectivity index is 1.75. The summed E-state index contributed by atoms with van der Waals surface area (Å²) in [5.41, 5.74) is -0.753. The van der Waals surface area contributed by atoms with Crippen LogP contribution in [-0.4, -0.2) is 34.3 Å². The highest BCUT2D eigenvalue weighted by Crippen LogP contribution is 2.44. The van der Waals surface area contributed by atoms with E-state index in [9.17, 15) is 24.3 Å². The Morgan fingerprint density at radius 2 is 1.27 bits per heavy atom. The fourth-order valence-electron chi connectivity index (χ4n) is 4.45. The Morgan fingerprint density at radius 1 is 0.767 bits per heavy atom. The third-order valence-electron chi connectivity index (χ3n) is 5.76. The zero-order valence-electron chi connectivity index (χ0n) is 16.7. The first kappa shape index (κ1) is 20.0. The van der Waals surface area contributed by atoms with Crippen LogP contribution >= 0.6 is 0 Å². The van der Waals surface area contributed by atoms with Gasteiger partial charge in [-0.25, -0.2) is 4.90 Å². The molecule has 2 aromatic rings. The van der Waals surface area contributed by atoms with E-state index < -0.39 is 47.0 Å². The molecule has 154 valence electrons. The molecule has 3 atom stereocenters. The first-order valence-corrected chi connectivity index (χ1v) is 9.79. The van der Waals surface area contributed by atoms with Gasteiger partial charge in [-0.3, -0.25) is 24.1 Å². The molecule has 0 radical (unpaired) electrons. The lowest BCUT2D eigenvalue weighted by Crippen LogP contribution is -2.43. The van der Waals surface area contributed by atoms with Crippen molar-refractivity contribution in [2.24, 2.45) is 17.8 Å². The second-order valence-corrected chi connectivity index (χ2v) is 8.22. The number of nitrogens with zero attached hydrogens (tertiary/aromatic N) is 2. The van der Waals surface area contributed by atoms with Gasteiger partial charge in [-0.2, -0.15) is 0 Å². The molecule has 2 aliphatic heterocycles. The standard InChI is InChI=1S/C23H22N2O5/c1-23(2,30)19-18(21(28)25(22(19)29)15-11-7-4-8-12-15)16-13-17(26)24(20(16)27)14-9-5-3-6-10-14/h3-12,16,18-19,30H,13H2,1-2H3. The van der Waals surface area contributed by atoms with Gasteiger partial charge in [0.1, 0.15) is 0 Å². The molecule has 2 saturated heterocycles. The average Bonchev–Trinajstić information content (AvgIpc) is 3.14. The van der Waals surface area contributed by atoms with Gasteiger partial charge in [0.05, 0.1) is 34.7 Å². The van der Waals surface area contributed by atoms with Crippen molar-refractivity contribution in [3.05, 3.63) is 60.7 Å². The van der Waals surface area contributed by atoms with Gasteiger partial charge in [0.25, 0.3) is 0 Å². The third kappa shape index (κ3) is 3.11. The maximum absolute atomic E-state index is 13.4. The number of para-hydroxylation sites is 2. The highest BCUT2D eigenvalue weighted by molar-refractivity contribution is 6.27. The number of carbonyl (C=O) groups is 4. The van der Waals surface area contributed by atoms with E-state index in [0.717, 1.165) is 9.80 Å². The number of carbonyl (C=O) groups excluding carboxylic acids is 4. The van der Waals surface area contributed by atoms with E-state index >= 15 is 0 Å². The van der Waals surface area contributed by atoms with Crippen LogP contribution in [0.1, 0.15) is 20.3 Å². The lowest BCUT2D eigenvalue weighted by molar-refractivity contribution is -0.135. The molecule has 2 aromatic carbocycles. The number of rotatable bonds is 4. The van der Waals surface area contributed by atoms with Crippen molar-refractivity contribution in [3.63, 3.8) is 0 Å². The Kier molecular flexibility index (Phi) is 4.78. The summed E-state index contributed by atoms with van der Waals surface area (Å²) in [4.78, 5) is 54.6. The van der Waals surface area contributed by atoms with E-state index in [-0.39, 0.29) is 6.42 Å². The topological polar surface area (TPSA) is 95.0 Å². The number of anilines is 2. The van der Waals surface area contributed by atoms with E-state index in [2.05, 4.69) is 0 Å². The van der Waals surface area contributed by atoms with Gasteiger partial charge < -0.3 is 5.11 Å². The molecule has 4 amide bonds. The molecule has 0 aromatic heterocycles. The van der Waals surface area contributed by atoms with Gasteiger partial charge in [0.15, 0.2) is 0 Å². The van der Waals surface area contributed by atoms with Crippen molar-refractivity contribution < 1.29 is 24.3 Å². The van der Waals surface area contributed by atoms with E-state index in [1.165, 1.54) is 13.8 Å². The predicted octanol–water partition coefficient (Wildman–Crippen LogP) is 2.14. The highest BCUT2D eigenvalue weighted by Gasteiger charge is 2.60. The van der Waals surface area contributed by atoms with Gasteiger partial charge in [-0.05, 0) is 38.1 Å². The minimum Gasteiger partial charge on any atom is -0.390 e. The quantitative estimate of drug-likeness (QED) is 0.785. The highest BCUT2D eigenvalue weighted by atomic mass is 16.3. The Hall–Kier alpha value is -3.32. The summed E-state index contributed by atoms with van der Waals surface area (Å²) in [7, 11) is 0. The van der Waals surface area contributed by atoms with Crippen molar-refractivity contribution in [2.45, 2.75) is 25.9 Å². The first-order valence-electron chi connectivity index (χ1n) is 9.79. The molecule has 2 heterocycles. The molecule has 2 aliphatic rings. The van der Waals surface area contributed by atoms with Crippen LogP contribution in [0.2, 0.25) is 0 Å². The molecule has 4 rings (SSSR count). The van der Waals surface area contributed by atoms with Crippen LogP contribution in [0.25, 0.3) is 0 Å². The SMILES string of the molecule is CC(C)(O)C1C(=O)N(c2ccccc2)C(=O)C1C1CC(=O)N(c2ccccc2)C1=O. The molecule has 1 N–H and O–H groups in total. The second-order valence-electron chi connectivity index (χ2n) is 8.22. The van der Waals surface area contributed by atoms with Crippen molar-refractivity contribution in [3.8, 4) is 0 Å². The largest absolute Gasteiger partial charge is 0.390 e. The van der Waals surface area contributed by atoms with Crippen LogP contribution in [0, 0.1) is 17.8 Å². The van der Waals surface area contributed by atoms with E-state index in [1.54, 1.807) is 60.7 Å². The smallest absolute Gasteiger partial charge is 0.240 e. The number of imide groups is 2. The summed E-state index contributed by atoms with van der Waals surface area (Å²) in [6, 6.07) is 16.9.